The summed E-state index contributed by atoms with van der Waals surface area (Å²) in [6.45, 7) is 0.162. The molecule has 1 aliphatic heterocycles. The van der Waals surface area contributed by atoms with E-state index < -0.39 is 12.1 Å². The Kier molecular flexibility index (Phi) is 3.62. The predicted octanol–water partition coefficient (Wildman–Crippen LogP) is 0.843. The highest BCUT2D eigenvalue weighted by atomic mass is 16.5. The SMILES string of the molecule is CN(CC(=O)O)C(=O)C1OCCc2ccccc21. The Morgan fingerprint density at radius 1 is 1.44 bits per heavy atom. The minimum absolute atomic E-state index is 0.315. The molecule has 18 heavy (non-hydrogen) atoms. The van der Waals surface area contributed by atoms with Crippen LogP contribution in [-0.4, -0.2) is 42.1 Å². The van der Waals surface area contributed by atoms with Gasteiger partial charge in [-0.25, -0.2) is 0 Å². The average Bonchev–Trinajstić information content (AvgIpc) is 2.36. The first-order chi connectivity index (χ1) is 8.59. The van der Waals surface area contributed by atoms with Gasteiger partial charge in [-0.3, -0.25) is 9.59 Å². The van der Waals surface area contributed by atoms with Crippen LogP contribution in [0.25, 0.3) is 0 Å². The molecule has 1 heterocycles. The van der Waals surface area contributed by atoms with Crippen LogP contribution < -0.4 is 0 Å². The van der Waals surface area contributed by atoms with E-state index in [0.717, 1.165) is 17.5 Å². The van der Waals surface area contributed by atoms with E-state index in [9.17, 15) is 9.59 Å². The van der Waals surface area contributed by atoms with E-state index in [0.29, 0.717) is 6.61 Å². The number of amides is 1. The van der Waals surface area contributed by atoms with Gasteiger partial charge in [0.05, 0.1) is 6.61 Å². The maximum Gasteiger partial charge on any atom is 0.323 e. The lowest BCUT2D eigenvalue weighted by Gasteiger charge is -2.28. The van der Waals surface area contributed by atoms with Crippen molar-refractivity contribution in [3.8, 4) is 0 Å². The van der Waals surface area contributed by atoms with Crippen LogP contribution in [0, 0.1) is 0 Å². The summed E-state index contributed by atoms with van der Waals surface area (Å²) in [6, 6.07) is 7.60. The first kappa shape index (κ1) is 12.6. The van der Waals surface area contributed by atoms with Gasteiger partial charge < -0.3 is 14.7 Å². The zero-order valence-electron chi connectivity index (χ0n) is 10.1. The van der Waals surface area contributed by atoms with E-state index in [4.69, 9.17) is 9.84 Å². The molecule has 0 bridgehead atoms. The fourth-order valence-electron chi connectivity index (χ4n) is 2.08. The highest BCUT2D eigenvalue weighted by Crippen LogP contribution is 2.28. The number of nitrogens with zero attached hydrogens (tertiary/aromatic N) is 1. The molecule has 5 heteroatoms. The predicted molar refractivity (Wildman–Crippen MR) is 64.1 cm³/mol. The van der Waals surface area contributed by atoms with Crippen molar-refractivity contribution < 1.29 is 19.4 Å². The fraction of sp³-hybridized carbons (Fsp3) is 0.385. The number of hydrogen-bond donors (Lipinski definition) is 1. The maximum absolute atomic E-state index is 12.1. The third kappa shape index (κ3) is 2.51. The summed E-state index contributed by atoms with van der Waals surface area (Å²) >= 11 is 0. The Balaban J connectivity index is 2.20. The van der Waals surface area contributed by atoms with E-state index in [1.165, 1.54) is 11.9 Å². The lowest BCUT2D eigenvalue weighted by molar-refractivity contribution is -0.150. The van der Waals surface area contributed by atoms with E-state index >= 15 is 0 Å². The Hall–Kier alpha value is -1.88. The van der Waals surface area contributed by atoms with Gasteiger partial charge >= 0.3 is 5.97 Å². The Bertz CT molecular complexity index is 472. The standard InChI is InChI=1S/C13H15NO4/c1-14(8-11(15)16)13(17)12-10-5-3-2-4-9(10)6-7-18-12/h2-5,12H,6-8H2,1H3,(H,15,16). The number of likely N-dealkylation sites (N-methyl/N-ethyl adjacent to an activating group) is 1. The number of fused-ring (bicyclic) bond motifs is 1. The summed E-state index contributed by atoms with van der Waals surface area (Å²) in [4.78, 5) is 23.9. The number of rotatable bonds is 3. The highest BCUT2D eigenvalue weighted by molar-refractivity contribution is 5.85. The van der Waals surface area contributed by atoms with Crippen molar-refractivity contribution in [3.05, 3.63) is 35.4 Å². The number of aliphatic carboxylic acids is 1. The normalized spacial score (nSPS) is 17.9. The number of hydrogen-bond acceptors (Lipinski definition) is 3. The molecule has 0 saturated heterocycles. The summed E-state index contributed by atoms with van der Waals surface area (Å²) in [5.74, 6) is -1.35. The fourth-order valence-corrected chi connectivity index (χ4v) is 2.08. The Morgan fingerprint density at radius 2 is 2.17 bits per heavy atom. The molecule has 1 atom stereocenters. The highest BCUT2D eigenvalue weighted by Gasteiger charge is 2.29. The largest absolute Gasteiger partial charge is 0.480 e. The van der Waals surface area contributed by atoms with Crippen LogP contribution in [-0.2, 0) is 20.7 Å². The van der Waals surface area contributed by atoms with Gasteiger partial charge in [0.1, 0.15) is 6.54 Å². The van der Waals surface area contributed by atoms with Crippen LogP contribution in [0.15, 0.2) is 24.3 Å². The summed E-state index contributed by atoms with van der Waals surface area (Å²) in [5.41, 5.74) is 1.93. The quantitative estimate of drug-likeness (QED) is 0.862. The van der Waals surface area contributed by atoms with Gasteiger partial charge in [0.2, 0.25) is 0 Å². The van der Waals surface area contributed by atoms with Crippen molar-refractivity contribution in [3.63, 3.8) is 0 Å². The Morgan fingerprint density at radius 3 is 2.89 bits per heavy atom. The van der Waals surface area contributed by atoms with Crippen LogP contribution in [0.5, 0.6) is 0 Å². The zero-order valence-corrected chi connectivity index (χ0v) is 10.1. The number of carbonyl (C=O) groups excluding carboxylic acids is 1. The molecule has 96 valence electrons. The van der Waals surface area contributed by atoms with Crippen molar-refractivity contribution >= 4 is 11.9 Å². The van der Waals surface area contributed by atoms with Crippen LogP contribution in [0.2, 0.25) is 0 Å². The molecule has 0 fully saturated rings. The lowest BCUT2D eigenvalue weighted by Crippen LogP contribution is -2.38. The van der Waals surface area contributed by atoms with Gasteiger partial charge in [0.25, 0.3) is 5.91 Å². The molecular formula is C13H15NO4. The third-order valence-corrected chi connectivity index (χ3v) is 2.97. The topological polar surface area (TPSA) is 66.8 Å². The minimum atomic E-state index is -1.03. The number of ether oxygens (including phenoxy) is 1. The van der Waals surface area contributed by atoms with Crippen LogP contribution >= 0.6 is 0 Å². The lowest BCUT2D eigenvalue weighted by atomic mass is 9.97. The van der Waals surface area contributed by atoms with Crippen LogP contribution in [0.4, 0.5) is 0 Å². The average molecular weight is 249 g/mol. The van der Waals surface area contributed by atoms with Crippen LogP contribution in [0.3, 0.4) is 0 Å². The molecule has 0 saturated carbocycles. The minimum Gasteiger partial charge on any atom is -0.480 e. The number of benzene rings is 1. The van der Waals surface area contributed by atoms with Gasteiger partial charge in [-0.1, -0.05) is 24.3 Å². The van der Waals surface area contributed by atoms with Gasteiger partial charge in [-0.2, -0.15) is 0 Å². The number of carbonyl (C=O) groups is 2. The molecule has 0 radical (unpaired) electrons. The van der Waals surface area contributed by atoms with E-state index in [1.54, 1.807) is 0 Å². The number of carboxylic acid groups (broad SMARTS) is 1. The molecule has 2 rings (SSSR count). The molecule has 0 aromatic heterocycles. The molecule has 0 spiro atoms. The third-order valence-electron chi connectivity index (χ3n) is 2.97. The van der Waals surface area contributed by atoms with Crippen molar-refractivity contribution in [2.75, 3.05) is 20.2 Å². The second-order valence-corrected chi connectivity index (χ2v) is 4.29. The smallest absolute Gasteiger partial charge is 0.323 e. The second-order valence-electron chi connectivity index (χ2n) is 4.29. The molecule has 0 aliphatic carbocycles. The van der Waals surface area contributed by atoms with Crippen molar-refractivity contribution in [2.24, 2.45) is 0 Å². The Labute approximate surface area is 105 Å². The van der Waals surface area contributed by atoms with Gasteiger partial charge in [0, 0.05) is 7.05 Å². The van der Waals surface area contributed by atoms with Crippen molar-refractivity contribution in [1.29, 1.82) is 0 Å². The van der Waals surface area contributed by atoms with Crippen molar-refractivity contribution in [2.45, 2.75) is 12.5 Å². The molecule has 1 amide bonds. The molecular weight excluding hydrogens is 234 g/mol. The molecule has 5 nitrogen and oxygen atoms in total. The second kappa shape index (κ2) is 5.18. The number of carboxylic acids is 1. The van der Waals surface area contributed by atoms with E-state index in [-0.39, 0.29) is 12.5 Å². The van der Waals surface area contributed by atoms with E-state index in [2.05, 4.69) is 0 Å². The molecule has 1 N–H and O–H groups in total. The van der Waals surface area contributed by atoms with E-state index in [1.807, 2.05) is 24.3 Å². The molecule has 1 unspecified atom stereocenters. The zero-order chi connectivity index (χ0) is 13.1. The monoisotopic (exact) mass is 249 g/mol. The first-order valence-electron chi connectivity index (χ1n) is 5.76. The summed E-state index contributed by atoms with van der Waals surface area (Å²) in [6.07, 6.45) is 0.0992. The van der Waals surface area contributed by atoms with Gasteiger partial charge in [0.15, 0.2) is 6.10 Å². The molecule has 1 aromatic carbocycles. The maximum atomic E-state index is 12.1. The summed E-state index contributed by atoms with van der Waals surface area (Å²) in [5, 5.41) is 8.69. The first-order valence-corrected chi connectivity index (χ1v) is 5.76. The molecule has 1 aliphatic rings. The molecule has 1 aromatic rings. The summed E-state index contributed by atoms with van der Waals surface area (Å²) < 4.78 is 5.48. The van der Waals surface area contributed by atoms with Crippen LogP contribution in [0.1, 0.15) is 17.2 Å². The van der Waals surface area contributed by atoms with Crippen molar-refractivity contribution in [1.82, 2.24) is 4.90 Å². The van der Waals surface area contributed by atoms with Gasteiger partial charge in [-0.15, -0.1) is 0 Å². The summed E-state index contributed by atoms with van der Waals surface area (Å²) in [7, 11) is 1.47. The van der Waals surface area contributed by atoms with Gasteiger partial charge in [-0.05, 0) is 17.5 Å².